The molecule has 234 valence electrons. The number of hydrogen-bond acceptors (Lipinski definition) is 9. The zero-order valence-electron chi connectivity index (χ0n) is 25.3. The number of ether oxygens (including phenoxy) is 6. The number of para-hydroxylation sites is 1. The molecule has 3 aromatic carbocycles. The number of benzene rings is 3. The molecule has 1 atom stereocenters. The van der Waals surface area contributed by atoms with E-state index in [2.05, 4.69) is 5.32 Å². The summed E-state index contributed by atoms with van der Waals surface area (Å²) in [6, 6.07) is 11.8. The van der Waals surface area contributed by atoms with Gasteiger partial charge in [-0.1, -0.05) is 23.7 Å². The second-order valence-corrected chi connectivity index (χ2v) is 9.97. The molecule has 3 amide bonds. The van der Waals surface area contributed by atoms with Crippen molar-refractivity contribution >= 4 is 35.0 Å². The van der Waals surface area contributed by atoms with Gasteiger partial charge in [-0.25, -0.2) is 0 Å². The first-order valence-corrected chi connectivity index (χ1v) is 13.8. The molecule has 0 radical (unpaired) electrons. The van der Waals surface area contributed by atoms with E-state index in [1.165, 1.54) is 76.7 Å². The Morgan fingerprint density at radius 3 is 1.64 bits per heavy atom. The number of hydrogen-bond donors (Lipinski definition) is 1. The summed E-state index contributed by atoms with van der Waals surface area (Å²) >= 11 is 6.30. The topological polar surface area (TPSA) is 125 Å². The van der Waals surface area contributed by atoms with Crippen LogP contribution in [0.4, 0.5) is 5.69 Å². The predicted molar refractivity (Wildman–Crippen MR) is 163 cm³/mol. The average molecular weight is 628 g/mol. The Labute approximate surface area is 260 Å². The lowest BCUT2D eigenvalue weighted by molar-refractivity contribution is -0.122. The van der Waals surface area contributed by atoms with Gasteiger partial charge >= 0.3 is 0 Å². The third-order valence-corrected chi connectivity index (χ3v) is 7.52. The Morgan fingerprint density at radius 1 is 0.705 bits per heavy atom. The quantitative estimate of drug-likeness (QED) is 0.355. The molecule has 0 saturated carbocycles. The second kappa shape index (κ2) is 14.1. The normalized spacial score (nSPS) is 14.4. The van der Waals surface area contributed by atoms with Crippen molar-refractivity contribution in [2.45, 2.75) is 6.04 Å². The summed E-state index contributed by atoms with van der Waals surface area (Å²) in [6.45, 7) is 0.0791. The van der Waals surface area contributed by atoms with Gasteiger partial charge in [-0.3, -0.25) is 14.4 Å². The molecule has 1 aliphatic heterocycles. The van der Waals surface area contributed by atoms with Crippen molar-refractivity contribution < 1.29 is 42.8 Å². The Kier molecular flexibility index (Phi) is 10.3. The van der Waals surface area contributed by atoms with E-state index in [-0.39, 0.29) is 48.2 Å². The van der Waals surface area contributed by atoms with Gasteiger partial charge in [0.2, 0.25) is 17.4 Å². The largest absolute Gasteiger partial charge is 0.493 e. The minimum absolute atomic E-state index is 0.0479. The number of nitrogens with zero attached hydrogens (tertiary/aromatic N) is 2. The Morgan fingerprint density at radius 2 is 1.18 bits per heavy atom. The SMILES string of the molecule is COc1cc(C(=O)N2CCN(C(=O)c3cc(OC)c(OC)c(OC)c3)C(C(=O)Nc3ccccc3Cl)C2)cc(OC)c1OC. The van der Waals surface area contributed by atoms with Crippen LogP contribution in [0.5, 0.6) is 34.5 Å². The monoisotopic (exact) mass is 627 g/mol. The van der Waals surface area contributed by atoms with Crippen LogP contribution in [0, 0.1) is 0 Å². The van der Waals surface area contributed by atoms with Crippen molar-refractivity contribution in [2.75, 3.05) is 67.6 Å². The van der Waals surface area contributed by atoms with E-state index in [0.29, 0.717) is 33.7 Å². The molecule has 13 heteroatoms. The van der Waals surface area contributed by atoms with E-state index in [9.17, 15) is 14.4 Å². The van der Waals surface area contributed by atoms with E-state index in [1.807, 2.05) is 0 Å². The maximum Gasteiger partial charge on any atom is 0.254 e. The Balaban J connectivity index is 1.70. The third-order valence-electron chi connectivity index (χ3n) is 7.19. The molecule has 0 aromatic heterocycles. The number of rotatable bonds is 10. The van der Waals surface area contributed by atoms with Gasteiger partial charge in [-0.2, -0.15) is 0 Å². The summed E-state index contributed by atoms with van der Waals surface area (Å²) in [6.07, 6.45) is 0. The summed E-state index contributed by atoms with van der Waals surface area (Å²) < 4.78 is 32.4. The van der Waals surface area contributed by atoms with E-state index >= 15 is 0 Å². The van der Waals surface area contributed by atoms with Crippen LogP contribution in [0.25, 0.3) is 0 Å². The van der Waals surface area contributed by atoms with Gasteiger partial charge in [0.25, 0.3) is 11.8 Å². The minimum atomic E-state index is -1.09. The molecule has 0 aliphatic carbocycles. The number of halogens is 1. The molecule has 4 rings (SSSR count). The maximum atomic E-state index is 14.0. The predicted octanol–water partition coefficient (Wildman–Crippen LogP) is 4.00. The summed E-state index contributed by atoms with van der Waals surface area (Å²) in [5, 5.41) is 3.13. The summed E-state index contributed by atoms with van der Waals surface area (Å²) in [4.78, 5) is 44.4. The molecule has 1 fully saturated rings. The van der Waals surface area contributed by atoms with Crippen LogP contribution in [0.15, 0.2) is 48.5 Å². The van der Waals surface area contributed by atoms with Crippen molar-refractivity contribution in [2.24, 2.45) is 0 Å². The fourth-order valence-corrected chi connectivity index (χ4v) is 5.15. The van der Waals surface area contributed by atoms with Crippen molar-refractivity contribution in [3.05, 3.63) is 64.7 Å². The first kappa shape index (κ1) is 32.1. The van der Waals surface area contributed by atoms with Crippen molar-refractivity contribution in [3.63, 3.8) is 0 Å². The smallest absolute Gasteiger partial charge is 0.254 e. The van der Waals surface area contributed by atoms with Crippen molar-refractivity contribution in [3.8, 4) is 34.5 Å². The summed E-state index contributed by atoms with van der Waals surface area (Å²) in [7, 11) is 8.72. The van der Waals surface area contributed by atoms with Gasteiger partial charge in [0, 0.05) is 24.2 Å². The Hall–Kier alpha value is -4.84. The van der Waals surface area contributed by atoms with Gasteiger partial charge in [-0.15, -0.1) is 0 Å². The molecule has 0 bridgehead atoms. The lowest BCUT2D eigenvalue weighted by atomic mass is 10.1. The number of methoxy groups -OCH3 is 6. The van der Waals surface area contributed by atoms with Crippen LogP contribution in [0.3, 0.4) is 0 Å². The molecular formula is C31H34ClN3O9. The van der Waals surface area contributed by atoms with Crippen molar-refractivity contribution in [1.82, 2.24) is 9.80 Å². The first-order valence-electron chi connectivity index (χ1n) is 13.5. The fraction of sp³-hybridized carbons (Fsp3) is 0.323. The van der Waals surface area contributed by atoms with Crippen LogP contribution >= 0.6 is 11.6 Å². The van der Waals surface area contributed by atoms with Crippen LogP contribution in [0.1, 0.15) is 20.7 Å². The highest BCUT2D eigenvalue weighted by Crippen LogP contribution is 2.40. The van der Waals surface area contributed by atoms with Gasteiger partial charge < -0.3 is 43.5 Å². The van der Waals surface area contributed by atoms with E-state index in [4.69, 9.17) is 40.0 Å². The van der Waals surface area contributed by atoms with E-state index in [1.54, 1.807) is 24.3 Å². The summed E-state index contributed by atoms with van der Waals surface area (Å²) in [5.41, 5.74) is 0.834. The molecule has 0 spiro atoms. The lowest BCUT2D eigenvalue weighted by Crippen LogP contribution is -2.60. The van der Waals surface area contributed by atoms with Crippen LogP contribution in [-0.4, -0.2) is 95.9 Å². The number of nitrogens with one attached hydrogen (secondary N) is 1. The van der Waals surface area contributed by atoms with Gasteiger partial charge in [0.1, 0.15) is 6.04 Å². The molecule has 3 aromatic rings. The molecule has 1 heterocycles. The van der Waals surface area contributed by atoms with Crippen LogP contribution < -0.4 is 33.7 Å². The highest BCUT2D eigenvalue weighted by molar-refractivity contribution is 6.33. The van der Waals surface area contributed by atoms with Crippen LogP contribution in [-0.2, 0) is 4.79 Å². The molecule has 1 saturated heterocycles. The van der Waals surface area contributed by atoms with Crippen LogP contribution in [0.2, 0.25) is 5.02 Å². The zero-order valence-corrected chi connectivity index (χ0v) is 26.0. The number of anilines is 1. The first-order chi connectivity index (χ1) is 21.2. The zero-order chi connectivity index (χ0) is 32.0. The third kappa shape index (κ3) is 6.40. The lowest BCUT2D eigenvalue weighted by Gasteiger charge is -2.40. The molecular weight excluding hydrogens is 594 g/mol. The standard InChI is InChI=1S/C31H34ClN3O9/c1-39-23-13-18(14-24(40-2)27(23)43-5)30(37)34-11-12-35(22(17-34)29(36)33-21-10-8-7-9-20(21)32)31(38)19-15-25(41-3)28(44-6)26(16-19)42-4/h7-10,13-16,22H,11-12,17H2,1-6H3,(H,33,36). The minimum Gasteiger partial charge on any atom is -0.493 e. The molecule has 1 aliphatic rings. The van der Waals surface area contributed by atoms with E-state index < -0.39 is 17.9 Å². The van der Waals surface area contributed by atoms with Gasteiger partial charge in [-0.05, 0) is 36.4 Å². The molecule has 1 unspecified atom stereocenters. The van der Waals surface area contributed by atoms with E-state index in [0.717, 1.165) is 0 Å². The highest BCUT2D eigenvalue weighted by atomic mass is 35.5. The van der Waals surface area contributed by atoms with Gasteiger partial charge in [0.15, 0.2) is 23.0 Å². The number of carbonyl (C=O) groups is 3. The molecule has 44 heavy (non-hydrogen) atoms. The fourth-order valence-electron chi connectivity index (χ4n) is 4.97. The Bertz CT molecular complexity index is 1500. The average Bonchev–Trinajstić information content (AvgIpc) is 3.06. The van der Waals surface area contributed by atoms with Crippen molar-refractivity contribution in [1.29, 1.82) is 0 Å². The molecule has 12 nitrogen and oxygen atoms in total. The number of amides is 3. The van der Waals surface area contributed by atoms with Gasteiger partial charge in [0.05, 0.1) is 59.9 Å². The highest BCUT2D eigenvalue weighted by Gasteiger charge is 2.38. The molecule has 1 N–H and O–H groups in total. The summed E-state index contributed by atoms with van der Waals surface area (Å²) in [5.74, 6) is 0.444. The maximum absolute atomic E-state index is 14.0. The number of carbonyl (C=O) groups excluding carboxylic acids is 3. The second-order valence-electron chi connectivity index (χ2n) is 9.56. The number of piperazine rings is 1.